The van der Waals surface area contributed by atoms with E-state index in [-0.39, 0.29) is 18.6 Å². The van der Waals surface area contributed by atoms with Crippen LogP contribution >= 0.6 is 0 Å². The van der Waals surface area contributed by atoms with Crippen LogP contribution in [-0.2, 0) is 14.3 Å². The Morgan fingerprint density at radius 2 is 2.00 bits per heavy atom. The van der Waals surface area contributed by atoms with Gasteiger partial charge >= 0.3 is 5.97 Å². The second kappa shape index (κ2) is 7.36. The van der Waals surface area contributed by atoms with Crippen molar-refractivity contribution in [3.8, 4) is 0 Å². The van der Waals surface area contributed by atoms with E-state index in [1.165, 1.54) is 6.08 Å². The highest BCUT2D eigenvalue weighted by Crippen LogP contribution is 2.08. The van der Waals surface area contributed by atoms with Gasteiger partial charge in [-0.05, 0) is 38.0 Å². The molecular weight excluding hydrogens is 242 g/mol. The number of ether oxygens (including phenoxy) is 1. The summed E-state index contributed by atoms with van der Waals surface area (Å²) in [7, 11) is 0. The Morgan fingerprint density at radius 3 is 2.63 bits per heavy atom. The number of hydrogen-bond acceptors (Lipinski definition) is 3. The first-order valence-corrected chi connectivity index (χ1v) is 6.19. The van der Waals surface area contributed by atoms with Crippen molar-refractivity contribution in [1.29, 1.82) is 0 Å². The van der Waals surface area contributed by atoms with Crippen LogP contribution in [0.25, 0.3) is 6.08 Å². The monoisotopic (exact) mass is 261 g/mol. The van der Waals surface area contributed by atoms with Crippen molar-refractivity contribution < 1.29 is 14.3 Å². The molecule has 4 nitrogen and oxygen atoms in total. The lowest BCUT2D eigenvalue weighted by Gasteiger charge is -2.07. The minimum Gasteiger partial charge on any atom is -0.452 e. The molecule has 0 aromatic heterocycles. The third-order valence-corrected chi connectivity index (χ3v) is 2.38. The summed E-state index contributed by atoms with van der Waals surface area (Å²) in [6.45, 7) is 5.39. The van der Waals surface area contributed by atoms with Gasteiger partial charge in [0.15, 0.2) is 6.61 Å². The molecule has 0 bridgehead atoms. The van der Waals surface area contributed by atoms with Crippen LogP contribution in [0.2, 0.25) is 0 Å². The molecule has 102 valence electrons. The van der Waals surface area contributed by atoms with Crippen LogP contribution in [0.4, 0.5) is 0 Å². The van der Waals surface area contributed by atoms with E-state index in [1.807, 2.05) is 45.0 Å². The van der Waals surface area contributed by atoms with Gasteiger partial charge in [-0.2, -0.15) is 0 Å². The molecule has 0 radical (unpaired) electrons. The molecule has 0 saturated carbocycles. The largest absolute Gasteiger partial charge is 0.452 e. The molecule has 0 aliphatic rings. The Balaban J connectivity index is 2.44. The summed E-state index contributed by atoms with van der Waals surface area (Å²) < 4.78 is 4.83. The van der Waals surface area contributed by atoms with E-state index in [0.29, 0.717) is 0 Å². The molecule has 1 rings (SSSR count). The lowest BCUT2D eigenvalue weighted by Crippen LogP contribution is -2.33. The van der Waals surface area contributed by atoms with Crippen molar-refractivity contribution in [1.82, 2.24) is 5.32 Å². The number of hydrogen-bond donors (Lipinski definition) is 1. The van der Waals surface area contributed by atoms with Gasteiger partial charge in [-0.1, -0.05) is 24.3 Å². The first-order valence-electron chi connectivity index (χ1n) is 6.19. The van der Waals surface area contributed by atoms with Crippen molar-refractivity contribution >= 4 is 18.0 Å². The van der Waals surface area contributed by atoms with E-state index in [2.05, 4.69) is 5.32 Å². The van der Waals surface area contributed by atoms with E-state index in [4.69, 9.17) is 4.74 Å². The summed E-state index contributed by atoms with van der Waals surface area (Å²) in [5, 5.41) is 2.64. The zero-order chi connectivity index (χ0) is 14.3. The molecule has 0 aliphatic carbocycles. The normalized spacial score (nSPS) is 10.7. The number of benzene rings is 1. The fraction of sp³-hybridized carbons (Fsp3) is 0.333. The molecule has 0 spiro atoms. The average Bonchev–Trinajstić information content (AvgIpc) is 2.34. The molecule has 1 N–H and O–H groups in total. The molecule has 4 heteroatoms. The SMILES string of the molecule is Cc1ccccc1/C=C/C(=O)OCC(=O)NC(C)C. The summed E-state index contributed by atoms with van der Waals surface area (Å²) >= 11 is 0. The molecule has 0 fully saturated rings. The Bertz CT molecular complexity index is 478. The third kappa shape index (κ3) is 5.86. The van der Waals surface area contributed by atoms with Gasteiger partial charge < -0.3 is 10.1 Å². The highest BCUT2D eigenvalue weighted by Gasteiger charge is 2.05. The zero-order valence-electron chi connectivity index (χ0n) is 11.5. The van der Waals surface area contributed by atoms with Crippen LogP contribution in [0, 0.1) is 6.92 Å². The Kier molecular flexibility index (Phi) is 5.79. The fourth-order valence-corrected chi connectivity index (χ4v) is 1.48. The fourth-order valence-electron chi connectivity index (χ4n) is 1.48. The van der Waals surface area contributed by atoms with Gasteiger partial charge in [0.2, 0.25) is 0 Å². The molecule has 0 saturated heterocycles. The van der Waals surface area contributed by atoms with Crippen molar-refractivity contribution in [2.75, 3.05) is 6.61 Å². The summed E-state index contributed by atoms with van der Waals surface area (Å²) in [5.74, 6) is -0.824. The van der Waals surface area contributed by atoms with Crippen LogP contribution in [-0.4, -0.2) is 24.5 Å². The number of carbonyl (C=O) groups is 2. The van der Waals surface area contributed by atoms with E-state index >= 15 is 0 Å². The van der Waals surface area contributed by atoms with Crippen molar-refractivity contribution in [3.63, 3.8) is 0 Å². The minimum atomic E-state index is -0.526. The lowest BCUT2D eigenvalue weighted by molar-refractivity contribution is -0.143. The molecule has 19 heavy (non-hydrogen) atoms. The predicted molar refractivity (Wildman–Crippen MR) is 74.5 cm³/mol. The third-order valence-electron chi connectivity index (χ3n) is 2.38. The predicted octanol–water partition coefficient (Wildman–Crippen LogP) is 2.08. The maximum atomic E-state index is 11.4. The maximum absolute atomic E-state index is 11.4. The van der Waals surface area contributed by atoms with Crippen LogP contribution in [0.3, 0.4) is 0 Å². The van der Waals surface area contributed by atoms with Crippen LogP contribution in [0.15, 0.2) is 30.3 Å². The van der Waals surface area contributed by atoms with E-state index in [0.717, 1.165) is 11.1 Å². The molecule has 0 aliphatic heterocycles. The van der Waals surface area contributed by atoms with Gasteiger partial charge in [0.1, 0.15) is 0 Å². The first kappa shape index (κ1) is 15.0. The van der Waals surface area contributed by atoms with E-state index < -0.39 is 5.97 Å². The van der Waals surface area contributed by atoms with Gasteiger partial charge in [0.05, 0.1) is 0 Å². The number of aryl methyl sites for hydroxylation is 1. The summed E-state index contributed by atoms with van der Waals surface area (Å²) in [6.07, 6.45) is 3.00. The summed E-state index contributed by atoms with van der Waals surface area (Å²) in [4.78, 5) is 22.7. The van der Waals surface area contributed by atoms with Crippen LogP contribution < -0.4 is 5.32 Å². The first-order chi connectivity index (χ1) is 8.99. The van der Waals surface area contributed by atoms with E-state index in [1.54, 1.807) is 6.08 Å². The van der Waals surface area contributed by atoms with Crippen LogP contribution in [0.5, 0.6) is 0 Å². The quantitative estimate of drug-likeness (QED) is 0.652. The lowest BCUT2D eigenvalue weighted by atomic mass is 10.1. The molecule has 1 aromatic rings. The van der Waals surface area contributed by atoms with E-state index in [9.17, 15) is 9.59 Å². The zero-order valence-corrected chi connectivity index (χ0v) is 11.5. The maximum Gasteiger partial charge on any atom is 0.331 e. The number of nitrogens with one attached hydrogen (secondary N) is 1. The van der Waals surface area contributed by atoms with Gasteiger partial charge in [0, 0.05) is 12.1 Å². The Morgan fingerprint density at radius 1 is 1.32 bits per heavy atom. The number of rotatable bonds is 5. The number of carbonyl (C=O) groups excluding carboxylic acids is 2. The number of amides is 1. The van der Waals surface area contributed by atoms with Gasteiger partial charge in [0.25, 0.3) is 5.91 Å². The average molecular weight is 261 g/mol. The van der Waals surface area contributed by atoms with Gasteiger partial charge in [-0.15, -0.1) is 0 Å². The molecule has 0 atom stereocenters. The van der Waals surface area contributed by atoms with Crippen molar-refractivity contribution in [3.05, 3.63) is 41.5 Å². The van der Waals surface area contributed by atoms with Gasteiger partial charge in [-0.25, -0.2) is 4.79 Å². The second-order valence-electron chi connectivity index (χ2n) is 4.52. The highest BCUT2D eigenvalue weighted by molar-refractivity contribution is 5.89. The summed E-state index contributed by atoms with van der Waals surface area (Å²) in [6, 6.07) is 7.73. The van der Waals surface area contributed by atoms with Gasteiger partial charge in [-0.3, -0.25) is 4.79 Å². The van der Waals surface area contributed by atoms with Crippen molar-refractivity contribution in [2.45, 2.75) is 26.8 Å². The summed E-state index contributed by atoms with van der Waals surface area (Å²) in [5.41, 5.74) is 2.02. The Hall–Kier alpha value is -2.10. The number of esters is 1. The topological polar surface area (TPSA) is 55.4 Å². The van der Waals surface area contributed by atoms with Crippen LogP contribution in [0.1, 0.15) is 25.0 Å². The molecule has 0 heterocycles. The standard InChI is InChI=1S/C15H19NO3/c1-11(2)16-14(17)10-19-15(18)9-8-13-7-5-4-6-12(13)3/h4-9,11H,10H2,1-3H3,(H,16,17)/b9-8+. The Labute approximate surface area is 113 Å². The molecule has 0 unspecified atom stereocenters. The van der Waals surface area contributed by atoms with Crippen molar-refractivity contribution in [2.24, 2.45) is 0 Å². The second-order valence-corrected chi connectivity index (χ2v) is 4.52. The molecule has 1 aromatic carbocycles. The molecular formula is C15H19NO3. The minimum absolute atomic E-state index is 0.0358. The smallest absolute Gasteiger partial charge is 0.331 e. The highest BCUT2D eigenvalue weighted by atomic mass is 16.5. The molecule has 1 amide bonds.